The number of sulfonamides is 1. The van der Waals surface area contributed by atoms with Gasteiger partial charge < -0.3 is 29.5 Å². The quantitative estimate of drug-likeness (QED) is 0.191. The molecule has 6 heterocycles. The molecule has 52 heavy (non-hydrogen) atoms. The molecule has 18 heteroatoms. The van der Waals surface area contributed by atoms with Crippen LogP contribution in [-0.2, 0) is 21.8 Å². The van der Waals surface area contributed by atoms with Crippen molar-refractivity contribution in [2.24, 2.45) is 7.05 Å². The maximum Gasteiger partial charge on any atom is 0.232 e. The highest BCUT2D eigenvalue weighted by Gasteiger charge is 2.31. The van der Waals surface area contributed by atoms with Crippen molar-refractivity contribution >= 4 is 49.9 Å². The van der Waals surface area contributed by atoms with E-state index in [9.17, 15) is 13.6 Å². The van der Waals surface area contributed by atoms with Crippen molar-refractivity contribution in [3.05, 3.63) is 42.5 Å². The molecule has 3 fully saturated rings. The Morgan fingerprint density at radius 1 is 0.942 bits per heavy atom. The van der Waals surface area contributed by atoms with Gasteiger partial charge in [0, 0.05) is 64.0 Å². The van der Waals surface area contributed by atoms with Gasteiger partial charge in [-0.05, 0) is 45.7 Å². The molecule has 1 unspecified atom stereocenters. The molecule has 0 spiro atoms. The number of fused-ring (bicyclic) bond motifs is 1. The molecule has 0 aromatic carbocycles. The summed E-state index contributed by atoms with van der Waals surface area (Å²) < 4.78 is 41.6. The summed E-state index contributed by atoms with van der Waals surface area (Å²) >= 11 is 0. The van der Waals surface area contributed by atoms with Gasteiger partial charge in [0.1, 0.15) is 11.9 Å². The minimum atomic E-state index is -3.82. The summed E-state index contributed by atoms with van der Waals surface area (Å²) in [6, 6.07) is 3.17. The normalized spacial score (nSPS) is 20.9. The summed E-state index contributed by atoms with van der Waals surface area (Å²) in [4.78, 5) is 25.8. The molecule has 4 aromatic rings. The number of hydrogen-bond acceptors (Lipinski definition) is 15. The molecule has 0 bridgehead atoms. The van der Waals surface area contributed by atoms with E-state index in [4.69, 9.17) is 19.4 Å². The van der Waals surface area contributed by atoms with Crippen LogP contribution >= 0.6 is 0 Å². The Kier molecular flexibility index (Phi) is 10.5. The Morgan fingerprint density at radius 2 is 1.65 bits per heavy atom. The van der Waals surface area contributed by atoms with Gasteiger partial charge in [0.15, 0.2) is 5.82 Å². The highest BCUT2D eigenvalue weighted by atomic mass is 32.2. The number of morpholine rings is 1. The molecule has 3 aliphatic rings. The largest absolute Gasteiger partial charge is 0.474 e. The van der Waals surface area contributed by atoms with E-state index in [0.717, 1.165) is 69.6 Å². The number of anilines is 5. The predicted molar refractivity (Wildman–Crippen MR) is 199 cm³/mol. The Balaban J connectivity index is 1.10. The molecule has 1 saturated carbocycles. The van der Waals surface area contributed by atoms with Crippen molar-refractivity contribution in [2.45, 2.75) is 50.8 Å². The summed E-state index contributed by atoms with van der Waals surface area (Å²) in [6.45, 7) is 8.31. The van der Waals surface area contributed by atoms with Crippen LogP contribution in [0.5, 0.6) is 5.88 Å². The molecule has 280 valence electrons. The molecule has 0 radical (unpaired) electrons. The number of rotatable bonds is 11. The Hall–Kier alpha value is -4.52. The number of likely N-dealkylation sites (N-methyl/N-ethyl adjacent to an activating group) is 1. The second-order valence-corrected chi connectivity index (χ2v) is 15.7. The van der Waals surface area contributed by atoms with E-state index in [1.807, 2.05) is 18.5 Å². The van der Waals surface area contributed by atoms with Gasteiger partial charge in [-0.3, -0.25) is 24.7 Å². The van der Waals surface area contributed by atoms with Crippen molar-refractivity contribution in [2.75, 3.05) is 90.7 Å². The molecular weight excluding hydrogens is 689 g/mol. The smallest absolute Gasteiger partial charge is 0.232 e. The highest BCUT2D eigenvalue weighted by molar-refractivity contribution is 7.92. The number of aromatic nitrogens is 6. The molecule has 2 aliphatic heterocycles. The Labute approximate surface area is 304 Å². The summed E-state index contributed by atoms with van der Waals surface area (Å²) in [5.74, 6) is 2.06. The van der Waals surface area contributed by atoms with Gasteiger partial charge in [0.05, 0.1) is 72.6 Å². The van der Waals surface area contributed by atoms with Gasteiger partial charge in [0.2, 0.25) is 21.9 Å². The van der Waals surface area contributed by atoms with Gasteiger partial charge in [-0.2, -0.15) is 10.1 Å². The third kappa shape index (κ3) is 7.79. The Morgan fingerprint density at radius 3 is 2.33 bits per heavy atom. The third-order valence-corrected chi connectivity index (χ3v) is 11.5. The minimum Gasteiger partial charge on any atom is -0.474 e. The van der Waals surface area contributed by atoms with Crippen LogP contribution in [-0.4, -0.2) is 126 Å². The molecule has 1 atom stereocenters. The van der Waals surface area contributed by atoms with Crippen molar-refractivity contribution < 1.29 is 23.1 Å². The number of aryl methyl sites for hydroxylation is 1. The van der Waals surface area contributed by atoms with E-state index in [2.05, 4.69) is 47.6 Å². The van der Waals surface area contributed by atoms with E-state index in [1.165, 1.54) is 15.2 Å². The number of nitrogens with zero attached hydrogens (tertiary/aromatic N) is 10. The average Bonchev–Trinajstić information content (AvgIpc) is 3.53. The lowest BCUT2D eigenvalue weighted by Gasteiger charge is -2.33. The summed E-state index contributed by atoms with van der Waals surface area (Å²) in [6.07, 6.45) is 11.2. The highest BCUT2D eigenvalue weighted by Crippen LogP contribution is 2.37. The molecule has 3 N–H and O–H groups in total. The van der Waals surface area contributed by atoms with Crippen LogP contribution in [0, 0.1) is 0 Å². The van der Waals surface area contributed by atoms with Crippen molar-refractivity contribution in [3.8, 4) is 5.88 Å². The fourth-order valence-corrected chi connectivity index (χ4v) is 8.42. The second-order valence-electron chi connectivity index (χ2n) is 13.9. The fourth-order valence-electron chi connectivity index (χ4n) is 7.25. The van der Waals surface area contributed by atoms with Gasteiger partial charge in [-0.1, -0.05) is 0 Å². The molecule has 0 amide bonds. The summed E-state index contributed by atoms with van der Waals surface area (Å²) in [5.41, 5.74) is 4.67. The van der Waals surface area contributed by atoms with Gasteiger partial charge in [-0.25, -0.2) is 18.4 Å². The second kappa shape index (κ2) is 15.2. The summed E-state index contributed by atoms with van der Waals surface area (Å²) in [7, 11) is -0.0178. The number of piperazine rings is 1. The lowest BCUT2D eigenvalue weighted by atomic mass is 9.93. The molecule has 4 aromatic heterocycles. The van der Waals surface area contributed by atoms with Crippen molar-refractivity contribution in [1.82, 2.24) is 34.6 Å². The first-order valence-corrected chi connectivity index (χ1v) is 19.7. The number of nitrogens with one attached hydrogen (secondary N) is 2. The zero-order valence-electron chi connectivity index (χ0n) is 30.1. The SMILES string of the molecule is CC(c1cnn(C)c1NO)N(c1cnc2cc(N3CCOCC3)nc(OC3CCC(Nc4ncc(N5CCN(C)CC5)cn4)CC3)c2c1)S(C)(=O)=O. The van der Waals surface area contributed by atoms with Crippen LogP contribution in [0.4, 0.5) is 29.0 Å². The molecule has 17 nitrogen and oxygen atoms in total. The van der Waals surface area contributed by atoms with Crippen molar-refractivity contribution in [1.29, 1.82) is 0 Å². The van der Waals surface area contributed by atoms with Crippen LogP contribution < -0.4 is 29.6 Å². The first kappa shape index (κ1) is 35.9. The van der Waals surface area contributed by atoms with E-state index in [-0.39, 0.29) is 18.0 Å². The van der Waals surface area contributed by atoms with Gasteiger partial charge >= 0.3 is 0 Å². The van der Waals surface area contributed by atoms with Crippen LogP contribution in [0.25, 0.3) is 10.9 Å². The minimum absolute atomic E-state index is 0.101. The summed E-state index contributed by atoms with van der Waals surface area (Å²) in [5, 5.41) is 18.1. The van der Waals surface area contributed by atoms with E-state index < -0.39 is 16.1 Å². The van der Waals surface area contributed by atoms with Gasteiger partial charge in [0.25, 0.3) is 0 Å². The van der Waals surface area contributed by atoms with Crippen LogP contribution in [0.3, 0.4) is 0 Å². The molecule has 2 saturated heterocycles. The molecule has 7 rings (SSSR count). The Bertz CT molecular complexity index is 1940. The van der Waals surface area contributed by atoms with Crippen LogP contribution in [0.2, 0.25) is 0 Å². The molecule has 1 aliphatic carbocycles. The van der Waals surface area contributed by atoms with Crippen LogP contribution in [0.1, 0.15) is 44.2 Å². The van der Waals surface area contributed by atoms with E-state index in [0.29, 0.717) is 60.3 Å². The van der Waals surface area contributed by atoms with Crippen LogP contribution in [0.15, 0.2) is 36.9 Å². The maximum atomic E-state index is 13.3. The monoisotopic (exact) mass is 736 g/mol. The lowest BCUT2D eigenvalue weighted by molar-refractivity contribution is 0.122. The first-order valence-electron chi connectivity index (χ1n) is 17.8. The van der Waals surface area contributed by atoms with Crippen molar-refractivity contribution in [3.63, 3.8) is 0 Å². The third-order valence-electron chi connectivity index (χ3n) is 10.2. The average molecular weight is 737 g/mol. The number of pyridine rings is 2. The van der Waals surface area contributed by atoms with E-state index >= 15 is 0 Å². The maximum absolute atomic E-state index is 13.3. The topological polar surface area (TPSA) is 179 Å². The number of hydrogen-bond donors (Lipinski definition) is 3. The number of ether oxygens (including phenoxy) is 2. The zero-order chi connectivity index (χ0) is 36.4. The fraction of sp³-hybridized carbons (Fsp3) is 0.559. The zero-order valence-corrected chi connectivity index (χ0v) is 31.0. The predicted octanol–water partition coefficient (Wildman–Crippen LogP) is 2.87. The van der Waals surface area contributed by atoms with Gasteiger partial charge in [-0.15, -0.1) is 0 Å². The lowest BCUT2D eigenvalue weighted by Crippen LogP contribution is -2.44. The molecular formula is C34H48N12O5S. The first-order chi connectivity index (χ1) is 25.1. The van der Waals surface area contributed by atoms with E-state index in [1.54, 1.807) is 26.2 Å². The standard InChI is InChI=1S/C34H48N12O5S/c1-23(29-22-38-43(3)32(29)41-47)46(52(4,48)49)25-17-28-30(35-19-25)18-31(45-13-15-50-16-14-45)40-33(28)51-27-7-5-24(6-8-27)39-34-36-20-26(21-37-34)44-11-9-42(2)10-12-44/h17-24,27,41,47H,5-16H2,1-4H3,(H,36,37,39).